The third-order valence-electron chi connectivity index (χ3n) is 4.31. The van der Waals surface area contributed by atoms with Crippen LogP contribution in [0.1, 0.15) is 11.3 Å². The van der Waals surface area contributed by atoms with Crippen LogP contribution in [0.3, 0.4) is 0 Å². The van der Waals surface area contributed by atoms with Gasteiger partial charge in [0.05, 0.1) is 6.54 Å². The van der Waals surface area contributed by atoms with E-state index in [1.54, 1.807) is 25.4 Å². The highest BCUT2D eigenvalue weighted by molar-refractivity contribution is 5.79. The van der Waals surface area contributed by atoms with Crippen LogP contribution in [-0.4, -0.2) is 34.5 Å². The number of pyridine rings is 1. The minimum atomic E-state index is -0.302. The third kappa shape index (κ3) is 5.09. The molecular formula is C21H24FN5O. The lowest BCUT2D eigenvalue weighted by molar-refractivity contribution is 0.457. The van der Waals surface area contributed by atoms with Crippen molar-refractivity contribution in [2.24, 2.45) is 12.0 Å². The van der Waals surface area contributed by atoms with Gasteiger partial charge >= 0.3 is 0 Å². The summed E-state index contributed by atoms with van der Waals surface area (Å²) in [5.41, 5.74) is 2.20. The molecule has 146 valence electrons. The second-order valence-electron chi connectivity index (χ2n) is 6.43. The van der Waals surface area contributed by atoms with E-state index >= 15 is 0 Å². The molecule has 0 amide bonds. The van der Waals surface area contributed by atoms with Gasteiger partial charge in [-0.3, -0.25) is 4.99 Å². The molecule has 0 bridgehead atoms. The van der Waals surface area contributed by atoms with Crippen molar-refractivity contribution in [3.63, 3.8) is 0 Å². The van der Waals surface area contributed by atoms with Crippen molar-refractivity contribution in [1.29, 1.82) is 0 Å². The van der Waals surface area contributed by atoms with E-state index in [-0.39, 0.29) is 5.82 Å². The molecule has 2 heterocycles. The number of benzene rings is 1. The molecule has 1 aromatic carbocycles. The van der Waals surface area contributed by atoms with Crippen molar-refractivity contribution in [2.75, 3.05) is 14.1 Å². The highest BCUT2D eigenvalue weighted by atomic mass is 19.1. The normalized spacial score (nSPS) is 11.4. The zero-order chi connectivity index (χ0) is 19.9. The van der Waals surface area contributed by atoms with Crippen LogP contribution in [0.2, 0.25) is 0 Å². The second-order valence-corrected chi connectivity index (χ2v) is 6.43. The number of nitrogens with one attached hydrogen (secondary N) is 1. The summed E-state index contributed by atoms with van der Waals surface area (Å²) >= 11 is 0. The van der Waals surface area contributed by atoms with Crippen molar-refractivity contribution in [2.45, 2.75) is 13.1 Å². The summed E-state index contributed by atoms with van der Waals surface area (Å²) in [5.74, 6) is 1.48. The summed E-state index contributed by atoms with van der Waals surface area (Å²) in [4.78, 5) is 10.6. The molecule has 0 fully saturated rings. The molecule has 0 saturated carbocycles. The van der Waals surface area contributed by atoms with Gasteiger partial charge in [0.25, 0.3) is 0 Å². The maximum atomic E-state index is 13.0. The van der Waals surface area contributed by atoms with E-state index in [4.69, 9.17) is 4.74 Å². The summed E-state index contributed by atoms with van der Waals surface area (Å²) in [5, 5.41) is 3.35. The predicted molar refractivity (Wildman–Crippen MR) is 108 cm³/mol. The summed E-state index contributed by atoms with van der Waals surface area (Å²) < 4.78 is 20.8. The fourth-order valence-corrected chi connectivity index (χ4v) is 2.78. The number of aliphatic imine (C=N–C) groups is 1. The largest absolute Gasteiger partial charge is 0.439 e. The van der Waals surface area contributed by atoms with Crippen LogP contribution in [0.4, 0.5) is 4.39 Å². The average molecular weight is 381 g/mol. The first-order valence-electron chi connectivity index (χ1n) is 8.95. The van der Waals surface area contributed by atoms with E-state index in [1.807, 2.05) is 38.5 Å². The molecule has 0 spiro atoms. The van der Waals surface area contributed by atoms with Gasteiger partial charge in [0.1, 0.15) is 11.6 Å². The Morgan fingerprint density at radius 1 is 1.25 bits per heavy atom. The van der Waals surface area contributed by atoms with Crippen LogP contribution < -0.4 is 10.1 Å². The lowest BCUT2D eigenvalue weighted by Gasteiger charge is -2.22. The zero-order valence-electron chi connectivity index (χ0n) is 16.3. The first kappa shape index (κ1) is 19.4. The molecule has 0 aliphatic heterocycles. The molecule has 0 aliphatic carbocycles. The SMILES string of the molecule is CN=C(NCc1ccnc(Oc2ccc(F)cc2)c1)N(C)Cc1cccn1C. The Morgan fingerprint density at radius 2 is 2.04 bits per heavy atom. The van der Waals surface area contributed by atoms with Gasteiger partial charge in [-0.1, -0.05) is 0 Å². The summed E-state index contributed by atoms with van der Waals surface area (Å²) in [6.45, 7) is 1.32. The second kappa shape index (κ2) is 9.03. The van der Waals surface area contributed by atoms with Gasteiger partial charge < -0.3 is 19.5 Å². The van der Waals surface area contributed by atoms with Gasteiger partial charge in [0.15, 0.2) is 5.96 Å². The molecule has 0 aliphatic rings. The first-order chi connectivity index (χ1) is 13.5. The molecule has 28 heavy (non-hydrogen) atoms. The third-order valence-corrected chi connectivity index (χ3v) is 4.31. The number of ether oxygens (including phenoxy) is 1. The van der Waals surface area contributed by atoms with E-state index in [0.29, 0.717) is 18.2 Å². The Labute approximate surface area is 164 Å². The molecule has 0 atom stereocenters. The molecular weight excluding hydrogens is 357 g/mol. The number of hydrogen-bond acceptors (Lipinski definition) is 3. The number of hydrogen-bond donors (Lipinski definition) is 1. The fraction of sp³-hybridized carbons (Fsp3) is 0.238. The lowest BCUT2D eigenvalue weighted by Crippen LogP contribution is -2.38. The molecule has 1 N–H and O–H groups in total. The molecule has 2 aromatic heterocycles. The maximum Gasteiger partial charge on any atom is 0.219 e. The monoisotopic (exact) mass is 381 g/mol. The molecule has 6 nitrogen and oxygen atoms in total. The Hall–Kier alpha value is -3.35. The van der Waals surface area contributed by atoms with E-state index in [9.17, 15) is 4.39 Å². The quantitative estimate of drug-likeness (QED) is 0.524. The predicted octanol–water partition coefficient (Wildman–Crippen LogP) is 3.56. The summed E-state index contributed by atoms with van der Waals surface area (Å²) in [6.07, 6.45) is 3.71. The van der Waals surface area contributed by atoms with Crippen molar-refractivity contribution in [3.8, 4) is 11.6 Å². The number of nitrogens with zero attached hydrogens (tertiary/aromatic N) is 4. The average Bonchev–Trinajstić information content (AvgIpc) is 3.09. The lowest BCUT2D eigenvalue weighted by atomic mass is 10.2. The zero-order valence-corrected chi connectivity index (χ0v) is 16.3. The molecule has 0 unspecified atom stereocenters. The Bertz CT molecular complexity index is 936. The molecule has 7 heteroatoms. The van der Waals surface area contributed by atoms with Crippen LogP contribution in [0, 0.1) is 5.82 Å². The van der Waals surface area contributed by atoms with Crippen LogP contribution in [-0.2, 0) is 20.1 Å². The number of aryl methyl sites for hydroxylation is 1. The minimum Gasteiger partial charge on any atom is -0.439 e. The number of aromatic nitrogens is 2. The molecule has 0 saturated heterocycles. The van der Waals surface area contributed by atoms with Crippen molar-refractivity contribution in [1.82, 2.24) is 19.8 Å². The molecule has 3 rings (SSSR count). The van der Waals surface area contributed by atoms with Crippen molar-refractivity contribution < 1.29 is 9.13 Å². The fourth-order valence-electron chi connectivity index (χ4n) is 2.78. The van der Waals surface area contributed by atoms with Crippen LogP contribution >= 0.6 is 0 Å². The smallest absolute Gasteiger partial charge is 0.219 e. The number of rotatable bonds is 6. The minimum absolute atomic E-state index is 0.302. The van der Waals surface area contributed by atoms with Gasteiger partial charge in [0, 0.05) is 51.8 Å². The Morgan fingerprint density at radius 3 is 2.71 bits per heavy atom. The van der Waals surface area contributed by atoms with E-state index in [1.165, 1.54) is 17.8 Å². The van der Waals surface area contributed by atoms with Crippen LogP contribution in [0.15, 0.2) is 65.9 Å². The highest BCUT2D eigenvalue weighted by Gasteiger charge is 2.09. The van der Waals surface area contributed by atoms with E-state index in [0.717, 1.165) is 18.1 Å². The summed E-state index contributed by atoms with van der Waals surface area (Å²) in [6, 6.07) is 13.7. The first-order valence-corrected chi connectivity index (χ1v) is 8.95. The number of guanidine groups is 1. The summed E-state index contributed by atoms with van der Waals surface area (Å²) in [7, 11) is 5.79. The Balaban J connectivity index is 1.60. The maximum absolute atomic E-state index is 13.0. The van der Waals surface area contributed by atoms with Gasteiger partial charge in [0.2, 0.25) is 5.88 Å². The van der Waals surface area contributed by atoms with Gasteiger partial charge in [-0.25, -0.2) is 9.37 Å². The van der Waals surface area contributed by atoms with Crippen LogP contribution in [0.5, 0.6) is 11.6 Å². The van der Waals surface area contributed by atoms with Gasteiger partial charge in [-0.15, -0.1) is 0 Å². The Kier molecular flexibility index (Phi) is 6.26. The topological polar surface area (TPSA) is 54.7 Å². The standard InChI is InChI=1S/C21H24FN5O/c1-23-21(27(3)15-18-5-4-12-26(18)2)25-14-16-10-11-24-20(13-16)28-19-8-6-17(22)7-9-19/h4-13H,14-15H2,1-3H3,(H,23,25). The number of halogens is 1. The van der Waals surface area contributed by atoms with E-state index < -0.39 is 0 Å². The van der Waals surface area contributed by atoms with Crippen molar-refractivity contribution >= 4 is 5.96 Å². The molecule has 3 aromatic rings. The highest BCUT2D eigenvalue weighted by Crippen LogP contribution is 2.20. The van der Waals surface area contributed by atoms with E-state index in [2.05, 4.69) is 30.8 Å². The van der Waals surface area contributed by atoms with Gasteiger partial charge in [-0.2, -0.15) is 0 Å². The van der Waals surface area contributed by atoms with Gasteiger partial charge in [-0.05, 0) is 48.0 Å². The molecule has 0 radical (unpaired) electrons. The van der Waals surface area contributed by atoms with Crippen molar-refractivity contribution in [3.05, 3.63) is 78.0 Å². The van der Waals surface area contributed by atoms with Crippen LogP contribution in [0.25, 0.3) is 0 Å².